The topological polar surface area (TPSA) is 133 Å². The van der Waals surface area contributed by atoms with E-state index in [2.05, 4.69) is 5.32 Å². The molecule has 0 bridgehead atoms. The Morgan fingerprint density at radius 3 is 2.23 bits per heavy atom. The van der Waals surface area contributed by atoms with Crippen molar-refractivity contribution in [1.29, 1.82) is 0 Å². The van der Waals surface area contributed by atoms with Crippen molar-refractivity contribution in [3.63, 3.8) is 0 Å². The molecule has 1 aliphatic heterocycles. The van der Waals surface area contributed by atoms with Crippen molar-refractivity contribution in [2.45, 2.75) is 37.3 Å². The third-order valence-corrected chi connectivity index (χ3v) is 10.0. The minimum absolute atomic E-state index is 0.00370. The molecule has 2 aromatic rings. The summed E-state index contributed by atoms with van der Waals surface area (Å²) in [5, 5.41) is 14.2. The number of nitrogens with one attached hydrogen (secondary N) is 1. The standard InChI is InChI=1S/C27H39N3O7S2/c1-21(2)18-30(39(35,36)24-11-9-23(37-3)10-12-24)19-26(31)25(17-22-7-5-4-6-8-22)28-27(32)20-29-13-15-38(33,34)16-14-29/h4-12,21,25-26,31H,13-20H2,1-3H3,(H,28,32)/t25-,26+/m0/s1. The van der Waals surface area contributed by atoms with E-state index < -0.39 is 32.0 Å². The van der Waals surface area contributed by atoms with E-state index in [9.17, 15) is 26.7 Å². The van der Waals surface area contributed by atoms with Crippen LogP contribution in [0.25, 0.3) is 0 Å². The second-order valence-electron chi connectivity index (χ2n) is 10.3. The molecule has 2 N–H and O–H groups in total. The normalized spacial score (nSPS) is 17.6. The van der Waals surface area contributed by atoms with Crippen LogP contribution in [0.15, 0.2) is 59.5 Å². The smallest absolute Gasteiger partial charge is 0.243 e. The Labute approximate surface area is 231 Å². The minimum Gasteiger partial charge on any atom is -0.497 e. The fourth-order valence-electron chi connectivity index (χ4n) is 4.43. The molecule has 1 heterocycles. The Hall–Kier alpha value is -2.51. The van der Waals surface area contributed by atoms with Gasteiger partial charge < -0.3 is 15.2 Å². The zero-order chi connectivity index (χ0) is 28.6. The number of ether oxygens (including phenoxy) is 1. The Kier molecular flexibility index (Phi) is 10.9. The van der Waals surface area contributed by atoms with Crippen molar-refractivity contribution in [2.75, 3.05) is 51.3 Å². The molecule has 0 radical (unpaired) electrons. The zero-order valence-electron chi connectivity index (χ0n) is 22.7. The fourth-order valence-corrected chi connectivity index (χ4v) is 7.32. The maximum atomic E-state index is 13.6. The third kappa shape index (κ3) is 9.28. The quantitative estimate of drug-likeness (QED) is 0.360. The van der Waals surface area contributed by atoms with Gasteiger partial charge in [-0.1, -0.05) is 44.2 Å². The van der Waals surface area contributed by atoms with Crippen LogP contribution in [-0.4, -0.2) is 101 Å². The molecule has 10 nitrogen and oxygen atoms in total. The SMILES string of the molecule is COc1ccc(S(=O)(=O)N(CC(C)C)C[C@@H](O)[C@H](Cc2ccccc2)NC(=O)CN2CCS(=O)(=O)CC2)cc1. The molecule has 0 aliphatic carbocycles. The van der Waals surface area contributed by atoms with Gasteiger partial charge in [-0.15, -0.1) is 0 Å². The number of benzene rings is 2. The van der Waals surface area contributed by atoms with Crippen LogP contribution >= 0.6 is 0 Å². The number of methoxy groups -OCH3 is 1. The van der Waals surface area contributed by atoms with Crippen LogP contribution in [0.4, 0.5) is 0 Å². The average molecular weight is 582 g/mol. The first-order valence-corrected chi connectivity index (χ1v) is 16.2. The van der Waals surface area contributed by atoms with Crippen molar-refractivity contribution in [3.8, 4) is 5.75 Å². The molecular weight excluding hydrogens is 542 g/mol. The van der Waals surface area contributed by atoms with Crippen LogP contribution in [0, 0.1) is 5.92 Å². The molecule has 0 saturated carbocycles. The molecule has 2 atom stereocenters. The van der Waals surface area contributed by atoms with Gasteiger partial charge in [0.2, 0.25) is 15.9 Å². The van der Waals surface area contributed by atoms with E-state index in [0.717, 1.165) is 5.56 Å². The van der Waals surface area contributed by atoms with E-state index in [1.54, 1.807) is 17.0 Å². The van der Waals surface area contributed by atoms with E-state index in [-0.39, 0.29) is 61.0 Å². The van der Waals surface area contributed by atoms with Gasteiger partial charge in [0.25, 0.3) is 0 Å². The highest BCUT2D eigenvalue weighted by Crippen LogP contribution is 2.21. The Morgan fingerprint density at radius 2 is 1.67 bits per heavy atom. The summed E-state index contributed by atoms with van der Waals surface area (Å²) in [7, 11) is -5.52. The van der Waals surface area contributed by atoms with Gasteiger partial charge in [0.15, 0.2) is 9.84 Å². The number of nitrogens with zero attached hydrogens (tertiary/aromatic N) is 2. The molecule has 1 amide bonds. The van der Waals surface area contributed by atoms with Crippen molar-refractivity contribution < 1.29 is 31.5 Å². The summed E-state index contributed by atoms with van der Waals surface area (Å²) in [5.74, 6) is 0.166. The summed E-state index contributed by atoms with van der Waals surface area (Å²) in [6, 6.07) is 14.6. The highest BCUT2D eigenvalue weighted by molar-refractivity contribution is 7.91. The molecule has 216 valence electrons. The number of hydrogen-bond acceptors (Lipinski definition) is 8. The largest absolute Gasteiger partial charge is 0.497 e. The Morgan fingerprint density at radius 1 is 1.05 bits per heavy atom. The van der Waals surface area contributed by atoms with Gasteiger partial charge in [0.1, 0.15) is 5.75 Å². The lowest BCUT2D eigenvalue weighted by molar-refractivity contribution is -0.123. The number of aliphatic hydroxyl groups is 1. The highest BCUT2D eigenvalue weighted by atomic mass is 32.2. The first kappa shape index (κ1) is 31.0. The van der Waals surface area contributed by atoms with Crippen molar-refractivity contribution in [2.24, 2.45) is 5.92 Å². The van der Waals surface area contributed by atoms with Crippen molar-refractivity contribution in [1.82, 2.24) is 14.5 Å². The number of rotatable bonds is 13. The maximum absolute atomic E-state index is 13.6. The number of hydrogen-bond donors (Lipinski definition) is 2. The number of carbonyl (C=O) groups is 1. The molecule has 39 heavy (non-hydrogen) atoms. The van der Waals surface area contributed by atoms with Gasteiger partial charge in [0.05, 0.1) is 42.2 Å². The molecule has 12 heteroatoms. The number of amides is 1. The van der Waals surface area contributed by atoms with Crippen molar-refractivity contribution in [3.05, 3.63) is 60.2 Å². The van der Waals surface area contributed by atoms with Crippen LogP contribution < -0.4 is 10.1 Å². The monoisotopic (exact) mass is 581 g/mol. The lowest BCUT2D eigenvalue weighted by atomic mass is 10.0. The van der Waals surface area contributed by atoms with Crippen LogP contribution in [0.1, 0.15) is 19.4 Å². The molecule has 0 unspecified atom stereocenters. The van der Waals surface area contributed by atoms with E-state index in [0.29, 0.717) is 12.2 Å². The maximum Gasteiger partial charge on any atom is 0.243 e. The van der Waals surface area contributed by atoms with Gasteiger partial charge in [-0.2, -0.15) is 4.31 Å². The first-order chi connectivity index (χ1) is 18.4. The first-order valence-electron chi connectivity index (χ1n) is 13.0. The molecule has 2 aromatic carbocycles. The van der Waals surface area contributed by atoms with E-state index in [1.165, 1.54) is 23.5 Å². The van der Waals surface area contributed by atoms with Gasteiger partial charge in [-0.3, -0.25) is 9.69 Å². The summed E-state index contributed by atoms with van der Waals surface area (Å²) in [5.41, 5.74) is 0.874. The summed E-state index contributed by atoms with van der Waals surface area (Å²) in [6.45, 7) is 4.28. The minimum atomic E-state index is -3.94. The molecule has 1 fully saturated rings. The molecule has 0 spiro atoms. The number of sulfonamides is 1. The van der Waals surface area contributed by atoms with E-state index in [1.807, 2.05) is 44.2 Å². The molecule has 1 aliphatic rings. The highest BCUT2D eigenvalue weighted by Gasteiger charge is 2.32. The predicted molar refractivity (Wildman–Crippen MR) is 150 cm³/mol. The molecule has 3 rings (SSSR count). The van der Waals surface area contributed by atoms with Crippen LogP contribution in [-0.2, 0) is 31.1 Å². The van der Waals surface area contributed by atoms with Crippen LogP contribution in [0.2, 0.25) is 0 Å². The number of aliphatic hydroxyl groups excluding tert-OH is 1. The second kappa shape index (κ2) is 13.7. The number of carbonyl (C=O) groups excluding carboxylic acids is 1. The van der Waals surface area contributed by atoms with Crippen LogP contribution in [0.3, 0.4) is 0 Å². The summed E-state index contributed by atoms with van der Waals surface area (Å²) >= 11 is 0. The Bertz CT molecular complexity index is 1270. The average Bonchev–Trinajstić information content (AvgIpc) is 2.89. The lowest BCUT2D eigenvalue weighted by Gasteiger charge is -2.32. The number of sulfone groups is 1. The molecular formula is C27H39N3O7S2. The van der Waals surface area contributed by atoms with Crippen molar-refractivity contribution >= 4 is 25.8 Å². The summed E-state index contributed by atoms with van der Waals surface area (Å²) < 4.78 is 57.0. The van der Waals surface area contributed by atoms with Gasteiger partial charge in [-0.05, 0) is 42.2 Å². The third-order valence-electron chi connectivity index (χ3n) is 6.57. The Balaban J connectivity index is 1.78. The molecule has 0 aromatic heterocycles. The fraction of sp³-hybridized carbons (Fsp3) is 0.519. The van der Waals surface area contributed by atoms with Gasteiger partial charge in [-0.25, -0.2) is 16.8 Å². The summed E-state index contributed by atoms with van der Waals surface area (Å²) in [4.78, 5) is 14.8. The van der Waals surface area contributed by atoms with Crippen LogP contribution in [0.5, 0.6) is 5.75 Å². The predicted octanol–water partition coefficient (Wildman–Crippen LogP) is 1.16. The lowest BCUT2D eigenvalue weighted by Crippen LogP contribution is -2.53. The second-order valence-corrected chi connectivity index (χ2v) is 14.5. The zero-order valence-corrected chi connectivity index (χ0v) is 24.3. The van der Waals surface area contributed by atoms with E-state index in [4.69, 9.17) is 4.74 Å². The van der Waals surface area contributed by atoms with Gasteiger partial charge >= 0.3 is 0 Å². The molecule has 1 saturated heterocycles. The van der Waals surface area contributed by atoms with Gasteiger partial charge in [0, 0.05) is 26.2 Å². The van der Waals surface area contributed by atoms with E-state index >= 15 is 0 Å². The summed E-state index contributed by atoms with van der Waals surface area (Å²) in [6.07, 6.45) is -0.914.